The summed E-state index contributed by atoms with van der Waals surface area (Å²) in [5.41, 5.74) is 1.74. The molecular formula is C20H17ClF2N6O. The van der Waals surface area contributed by atoms with Gasteiger partial charge in [0.25, 0.3) is 5.91 Å². The number of aryl methyl sites for hydroxylation is 1. The Labute approximate surface area is 175 Å². The van der Waals surface area contributed by atoms with Crippen molar-refractivity contribution in [3.05, 3.63) is 77.5 Å². The molecule has 10 heteroatoms. The molecule has 1 aromatic carbocycles. The molecule has 30 heavy (non-hydrogen) atoms. The van der Waals surface area contributed by atoms with Crippen LogP contribution in [0.4, 0.5) is 8.78 Å². The third-order valence-electron chi connectivity index (χ3n) is 4.54. The summed E-state index contributed by atoms with van der Waals surface area (Å²) in [4.78, 5) is 18.4. The van der Waals surface area contributed by atoms with Crippen LogP contribution in [0.15, 0.2) is 54.9 Å². The van der Waals surface area contributed by atoms with Crippen LogP contribution in [0.3, 0.4) is 0 Å². The predicted octanol–water partition coefficient (Wildman–Crippen LogP) is 3.78. The minimum absolute atomic E-state index is 0.00549. The van der Waals surface area contributed by atoms with E-state index in [-0.39, 0.29) is 11.3 Å². The van der Waals surface area contributed by atoms with Crippen LogP contribution in [0, 0.1) is 6.92 Å². The summed E-state index contributed by atoms with van der Waals surface area (Å²) in [5.74, 6) is -0.418. The number of halogens is 3. The molecule has 0 bridgehead atoms. The molecule has 0 unspecified atom stereocenters. The third-order valence-corrected chi connectivity index (χ3v) is 4.73. The van der Waals surface area contributed by atoms with Crippen LogP contribution in [0.25, 0.3) is 11.3 Å². The van der Waals surface area contributed by atoms with Gasteiger partial charge in [0.2, 0.25) is 0 Å². The lowest BCUT2D eigenvalue weighted by atomic mass is 10.2. The number of carbonyl (C=O) groups excluding carboxylic acids is 1. The SMILES string of the molecule is Cc1cc(C(F)(F)Cl)n2nc(C(=O)N(C)Cc3ccc(-n4cccn4)cc3)cc2n1. The van der Waals surface area contributed by atoms with Gasteiger partial charge in [-0.2, -0.15) is 19.0 Å². The van der Waals surface area contributed by atoms with Crippen molar-refractivity contribution in [3.8, 4) is 5.69 Å². The van der Waals surface area contributed by atoms with Crippen LogP contribution in [-0.4, -0.2) is 42.2 Å². The summed E-state index contributed by atoms with van der Waals surface area (Å²) >= 11 is 5.19. The maximum atomic E-state index is 13.7. The zero-order valence-corrected chi connectivity index (χ0v) is 16.9. The maximum Gasteiger partial charge on any atom is 0.364 e. The van der Waals surface area contributed by atoms with Crippen LogP contribution in [0.1, 0.15) is 27.4 Å². The summed E-state index contributed by atoms with van der Waals surface area (Å²) in [6.45, 7) is 1.89. The Morgan fingerprint density at radius 1 is 1.23 bits per heavy atom. The molecular weight excluding hydrogens is 414 g/mol. The van der Waals surface area contributed by atoms with Crippen LogP contribution in [-0.2, 0) is 11.9 Å². The van der Waals surface area contributed by atoms with Crippen molar-refractivity contribution in [3.63, 3.8) is 0 Å². The molecule has 7 nitrogen and oxygen atoms in total. The summed E-state index contributed by atoms with van der Waals surface area (Å²) in [6.07, 6.45) is 3.53. The van der Waals surface area contributed by atoms with E-state index in [0.717, 1.165) is 21.8 Å². The number of alkyl halides is 3. The molecule has 3 heterocycles. The monoisotopic (exact) mass is 430 g/mol. The van der Waals surface area contributed by atoms with Crippen molar-refractivity contribution in [2.24, 2.45) is 0 Å². The van der Waals surface area contributed by atoms with E-state index in [1.165, 1.54) is 11.0 Å². The first-order valence-electron chi connectivity index (χ1n) is 9.01. The molecule has 4 aromatic rings. The highest BCUT2D eigenvalue weighted by Gasteiger charge is 2.33. The highest BCUT2D eigenvalue weighted by molar-refractivity contribution is 6.21. The van der Waals surface area contributed by atoms with Gasteiger partial charge >= 0.3 is 5.38 Å². The van der Waals surface area contributed by atoms with Crippen molar-refractivity contribution in [1.82, 2.24) is 29.3 Å². The van der Waals surface area contributed by atoms with Crippen molar-refractivity contribution >= 4 is 23.2 Å². The standard InChI is InChI=1S/C20H17ClF2N6O/c1-13-10-17(20(21,22)23)29-18(25-13)11-16(26-29)19(30)27(2)12-14-4-6-15(7-5-14)28-9-3-8-24-28/h3-11H,12H2,1-2H3. The van der Waals surface area contributed by atoms with Gasteiger partial charge in [0, 0.05) is 37.7 Å². The second-order valence-electron chi connectivity index (χ2n) is 6.86. The predicted molar refractivity (Wildman–Crippen MR) is 107 cm³/mol. The van der Waals surface area contributed by atoms with Crippen LogP contribution in [0.2, 0.25) is 0 Å². The first-order valence-corrected chi connectivity index (χ1v) is 9.39. The number of aromatic nitrogens is 5. The van der Waals surface area contributed by atoms with Gasteiger partial charge in [-0.1, -0.05) is 12.1 Å². The van der Waals surface area contributed by atoms with Gasteiger partial charge in [0.05, 0.1) is 5.69 Å². The number of rotatable bonds is 5. The van der Waals surface area contributed by atoms with Gasteiger partial charge in [0.15, 0.2) is 11.3 Å². The first-order chi connectivity index (χ1) is 14.2. The maximum absolute atomic E-state index is 13.7. The van der Waals surface area contributed by atoms with E-state index >= 15 is 0 Å². The molecule has 4 rings (SSSR count). The molecule has 0 aliphatic rings. The zero-order valence-electron chi connectivity index (χ0n) is 16.1. The molecule has 0 aliphatic carbocycles. The Bertz CT molecular complexity index is 1200. The van der Waals surface area contributed by atoms with Gasteiger partial charge < -0.3 is 4.90 Å². The molecule has 0 radical (unpaired) electrons. The smallest absolute Gasteiger partial charge is 0.336 e. The van der Waals surface area contributed by atoms with E-state index in [0.29, 0.717) is 12.2 Å². The molecule has 0 spiro atoms. The number of hydrogen-bond donors (Lipinski definition) is 0. The lowest BCUT2D eigenvalue weighted by Crippen LogP contribution is -2.26. The van der Waals surface area contributed by atoms with E-state index in [1.54, 1.807) is 24.9 Å². The fourth-order valence-electron chi connectivity index (χ4n) is 3.12. The molecule has 0 saturated heterocycles. The van der Waals surface area contributed by atoms with E-state index in [2.05, 4.69) is 15.2 Å². The summed E-state index contributed by atoms with van der Waals surface area (Å²) in [6, 6.07) is 11.9. The third kappa shape index (κ3) is 3.88. The number of benzene rings is 1. The fraction of sp³-hybridized carbons (Fsp3) is 0.200. The number of carbonyl (C=O) groups is 1. The zero-order chi connectivity index (χ0) is 21.5. The van der Waals surface area contributed by atoms with Gasteiger partial charge in [-0.3, -0.25) is 4.79 Å². The molecule has 0 N–H and O–H groups in total. The largest absolute Gasteiger partial charge is 0.364 e. The lowest BCUT2D eigenvalue weighted by Gasteiger charge is -2.16. The Hall–Kier alpha value is -3.33. The van der Waals surface area contributed by atoms with E-state index < -0.39 is 17.0 Å². The van der Waals surface area contributed by atoms with E-state index in [1.807, 2.05) is 36.5 Å². The molecule has 1 amide bonds. The molecule has 0 aliphatic heterocycles. The summed E-state index contributed by atoms with van der Waals surface area (Å²) in [7, 11) is 1.61. The molecule has 3 aromatic heterocycles. The normalized spacial score (nSPS) is 11.8. The number of hydrogen-bond acceptors (Lipinski definition) is 4. The minimum atomic E-state index is -3.64. The van der Waals surface area contributed by atoms with Gasteiger partial charge in [0.1, 0.15) is 5.69 Å². The van der Waals surface area contributed by atoms with Gasteiger partial charge in [-0.15, -0.1) is 0 Å². The molecule has 154 valence electrons. The Kier molecular flexibility index (Phi) is 4.98. The van der Waals surface area contributed by atoms with Crippen LogP contribution >= 0.6 is 11.6 Å². The number of amides is 1. The average molecular weight is 431 g/mol. The van der Waals surface area contributed by atoms with Crippen molar-refractivity contribution in [1.29, 1.82) is 0 Å². The quantitative estimate of drug-likeness (QED) is 0.452. The highest BCUT2D eigenvalue weighted by Crippen LogP contribution is 2.32. The van der Waals surface area contributed by atoms with Crippen molar-refractivity contribution in [2.45, 2.75) is 18.9 Å². The highest BCUT2D eigenvalue weighted by atomic mass is 35.5. The van der Waals surface area contributed by atoms with Crippen LogP contribution < -0.4 is 0 Å². The molecule has 0 saturated carbocycles. The van der Waals surface area contributed by atoms with E-state index in [4.69, 9.17) is 11.6 Å². The molecule has 0 atom stereocenters. The van der Waals surface area contributed by atoms with Crippen LogP contribution in [0.5, 0.6) is 0 Å². The second kappa shape index (κ2) is 7.49. The average Bonchev–Trinajstić information content (AvgIpc) is 3.36. The summed E-state index contributed by atoms with van der Waals surface area (Å²) in [5, 5.41) is 4.55. The lowest BCUT2D eigenvalue weighted by molar-refractivity contribution is 0.0773. The molecule has 0 fully saturated rings. The minimum Gasteiger partial charge on any atom is -0.336 e. The Morgan fingerprint density at radius 3 is 2.60 bits per heavy atom. The Balaban J connectivity index is 1.56. The van der Waals surface area contributed by atoms with E-state index in [9.17, 15) is 13.6 Å². The first kappa shape index (κ1) is 20.0. The number of fused-ring (bicyclic) bond motifs is 1. The summed E-state index contributed by atoms with van der Waals surface area (Å²) < 4.78 is 30.1. The topological polar surface area (TPSA) is 68.3 Å². The second-order valence-corrected chi connectivity index (χ2v) is 7.33. The van der Waals surface area contributed by atoms with Gasteiger partial charge in [-0.05, 0) is 48.4 Å². The Morgan fingerprint density at radius 2 is 1.97 bits per heavy atom. The van der Waals surface area contributed by atoms with Crippen molar-refractivity contribution in [2.75, 3.05) is 7.05 Å². The van der Waals surface area contributed by atoms with Gasteiger partial charge in [-0.25, -0.2) is 14.2 Å². The number of nitrogens with zero attached hydrogens (tertiary/aromatic N) is 6. The van der Waals surface area contributed by atoms with Crippen molar-refractivity contribution < 1.29 is 13.6 Å². The fourth-order valence-corrected chi connectivity index (χ4v) is 3.26.